The van der Waals surface area contributed by atoms with Gasteiger partial charge in [0.05, 0.1) is 10.6 Å². The molecule has 0 spiro atoms. The van der Waals surface area contributed by atoms with Gasteiger partial charge < -0.3 is 0 Å². The summed E-state index contributed by atoms with van der Waals surface area (Å²) >= 11 is 5.68. The van der Waals surface area contributed by atoms with Crippen LogP contribution in [0.2, 0.25) is 5.02 Å². The van der Waals surface area contributed by atoms with Crippen LogP contribution in [0.5, 0.6) is 0 Å². The van der Waals surface area contributed by atoms with E-state index in [2.05, 4.69) is 31.2 Å². The van der Waals surface area contributed by atoms with Gasteiger partial charge >= 0.3 is 0 Å². The Morgan fingerprint density at radius 1 is 0.806 bits per heavy atom. The van der Waals surface area contributed by atoms with E-state index in [1.165, 1.54) is 35.4 Å². The molecule has 0 atom stereocenters. The molecule has 1 fully saturated rings. The number of hydrogen-bond acceptors (Lipinski definition) is 0. The lowest BCUT2D eigenvalue weighted by Crippen LogP contribution is -2.14. The fourth-order valence-electron chi connectivity index (χ4n) is 4.69. The normalized spacial score (nSPS) is 18.9. The van der Waals surface area contributed by atoms with E-state index in [4.69, 9.17) is 11.6 Å². The van der Waals surface area contributed by atoms with Gasteiger partial charge in [-0.15, -0.1) is 0 Å². The molecule has 0 aromatic heterocycles. The smallest absolute Gasteiger partial charge is 0.142 e. The highest BCUT2D eigenvalue weighted by atomic mass is 35.5. The Kier molecular flexibility index (Phi) is 6.71. The lowest BCUT2D eigenvalue weighted by atomic mass is 9.77. The predicted molar refractivity (Wildman–Crippen MR) is 121 cm³/mol. The maximum Gasteiger partial charge on any atom is 0.142 e. The van der Waals surface area contributed by atoms with Gasteiger partial charge in [0.25, 0.3) is 0 Å². The van der Waals surface area contributed by atoms with Crippen molar-refractivity contribution >= 4 is 11.6 Å². The van der Waals surface area contributed by atoms with Crippen LogP contribution in [-0.4, -0.2) is 0 Å². The van der Waals surface area contributed by atoms with Crippen LogP contribution in [0.4, 0.5) is 13.2 Å². The van der Waals surface area contributed by atoms with Crippen LogP contribution in [0.1, 0.15) is 54.7 Å². The van der Waals surface area contributed by atoms with E-state index in [0.717, 1.165) is 38.2 Å². The van der Waals surface area contributed by atoms with E-state index in [1.807, 2.05) is 0 Å². The monoisotopic (exact) mass is 442 g/mol. The lowest BCUT2D eigenvalue weighted by molar-refractivity contribution is 0.310. The van der Waals surface area contributed by atoms with E-state index in [1.54, 1.807) is 0 Å². The summed E-state index contributed by atoms with van der Waals surface area (Å²) in [4.78, 5) is 0. The van der Waals surface area contributed by atoms with Crippen molar-refractivity contribution in [2.24, 2.45) is 5.92 Å². The molecule has 0 saturated heterocycles. The van der Waals surface area contributed by atoms with Gasteiger partial charge in [-0.3, -0.25) is 0 Å². The third-order valence-corrected chi connectivity index (χ3v) is 6.85. The number of benzene rings is 3. The first-order chi connectivity index (χ1) is 14.9. The zero-order valence-corrected chi connectivity index (χ0v) is 18.4. The first kappa shape index (κ1) is 22.0. The molecule has 0 radical (unpaired) electrons. The molecule has 162 valence electrons. The van der Waals surface area contributed by atoms with Crippen molar-refractivity contribution in [3.8, 4) is 11.1 Å². The lowest BCUT2D eigenvalue weighted by Gasteiger charge is -2.29. The molecule has 0 nitrogen and oxygen atoms in total. The molecular formula is C27H26ClF3. The second-order valence-electron chi connectivity index (χ2n) is 8.73. The van der Waals surface area contributed by atoms with E-state index in [9.17, 15) is 13.2 Å². The first-order valence-corrected chi connectivity index (χ1v) is 11.3. The summed E-state index contributed by atoms with van der Waals surface area (Å²) < 4.78 is 43.0. The minimum atomic E-state index is -0.691. The zero-order valence-electron chi connectivity index (χ0n) is 17.6. The van der Waals surface area contributed by atoms with Crippen LogP contribution in [0.3, 0.4) is 0 Å². The highest BCUT2D eigenvalue weighted by Gasteiger charge is 2.22. The van der Waals surface area contributed by atoms with Crippen LogP contribution in [0.25, 0.3) is 11.1 Å². The van der Waals surface area contributed by atoms with Crippen molar-refractivity contribution in [3.63, 3.8) is 0 Å². The fraction of sp³-hybridized carbons (Fsp3) is 0.333. The molecule has 1 aliphatic rings. The minimum Gasteiger partial charge on any atom is -0.206 e. The Morgan fingerprint density at radius 3 is 2.06 bits per heavy atom. The molecule has 31 heavy (non-hydrogen) atoms. The zero-order chi connectivity index (χ0) is 22.0. The van der Waals surface area contributed by atoms with Gasteiger partial charge in [0.1, 0.15) is 17.5 Å². The largest absolute Gasteiger partial charge is 0.206 e. The standard InChI is InChI=1S/C27H26ClF3/c1-17-2-8-20(9-3-17)21-10-6-18(7-11-21)4-5-19-14-25(30)27(26(31)15-19)22-12-13-23(28)24(29)16-22/h2-3,8-9,12-16,18,21H,4-7,10-11H2,1H3/t18-,21-. The summed E-state index contributed by atoms with van der Waals surface area (Å²) in [6.07, 6.45) is 6.18. The molecule has 3 aromatic carbocycles. The third-order valence-electron chi connectivity index (χ3n) is 6.55. The number of hydrogen-bond donors (Lipinski definition) is 0. The first-order valence-electron chi connectivity index (χ1n) is 10.9. The van der Waals surface area contributed by atoms with Gasteiger partial charge in [-0.2, -0.15) is 0 Å². The average Bonchev–Trinajstić information content (AvgIpc) is 2.75. The quantitative estimate of drug-likeness (QED) is 0.371. The molecule has 3 aromatic rings. The highest BCUT2D eigenvalue weighted by Crippen LogP contribution is 2.38. The Hall–Kier alpha value is -2.26. The van der Waals surface area contributed by atoms with Crippen molar-refractivity contribution < 1.29 is 13.2 Å². The van der Waals surface area contributed by atoms with Gasteiger partial charge in [-0.1, -0.05) is 47.5 Å². The second kappa shape index (κ2) is 9.48. The van der Waals surface area contributed by atoms with Crippen molar-refractivity contribution in [1.82, 2.24) is 0 Å². The van der Waals surface area contributed by atoms with Crippen molar-refractivity contribution in [1.29, 1.82) is 0 Å². The highest BCUT2D eigenvalue weighted by molar-refractivity contribution is 6.30. The molecule has 1 saturated carbocycles. The Balaban J connectivity index is 1.37. The van der Waals surface area contributed by atoms with Gasteiger partial charge in [-0.05, 0) is 98.2 Å². The maximum atomic E-state index is 14.7. The number of halogens is 4. The Bertz CT molecular complexity index is 1030. The molecular weight excluding hydrogens is 417 g/mol. The van der Waals surface area contributed by atoms with E-state index >= 15 is 0 Å². The topological polar surface area (TPSA) is 0 Å². The van der Waals surface area contributed by atoms with Gasteiger partial charge in [0.2, 0.25) is 0 Å². The summed E-state index contributed by atoms with van der Waals surface area (Å²) in [7, 11) is 0. The molecule has 0 amide bonds. The molecule has 4 rings (SSSR count). The van der Waals surface area contributed by atoms with E-state index in [0.29, 0.717) is 23.8 Å². The summed E-state index contributed by atoms with van der Waals surface area (Å²) in [5, 5.41) is -0.0710. The fourth-order valence-corrected chi connectivity index (χ4v) is 4.81. The van der Waals surface area contributed by atoms with Gasteiger partial charge in [0, 0.05) is 0 Å². The van der Waals surface area contributed by atoms with Crippen LogP contribution in [0, 0.1) is 30.3 Å². The average molecular weight is 443 g/mol. The predicted octanol–water partition coefficient (Wildman–Crippen LogP) is 8.64. The van der Waals surface area contributed by atoms with Crippen LogP contribution >= 0.6 is 11.6 Å². The number of rotatable bonds is 5. The molecule has 1 aliphatic carbocycles. The van der Waals surface area contributed by atoms with Gasteiger partial charge in [0.15, 0.2) is 0 Å². The summed E-state index contributed by atoms with van der Waals surface area (Å²) in [6, 6.07) is 15.4. The molecule has 0 unspecified atom stereocenters. The molecule has 0 aliphatic heterocycles. The van der Waals surface area contributed by atoms with Gasteiger partial charge in [-0.25, -0.2) is 13.2 Å². The van der Waals surface area contributed by atoms with Crippen molar-refractivity contribution in [2.75, 3.05) is 0 Å². The van der Waals surface area contributed by atoms with E-state index in [-0.39, 0.29) is 16.1 Å². The van der Waals surface area contributed by atoms with Crippen molar-refractivity contribution in [2.45, 2.75) is 51.4 Å². The third kappa shape index (κ3) is 5.15. The van der Waals surface area contributed by atoms with Crippen LogP contribution in [-0.2, 0) is 6.42 Å². The summed E-state index contributed by atoms with van der Waals surface area (Å²) in [5.41, 5.74) is 3.29. The Morgan fingerprint density at radius 2 is 1.45 bits per heavy atom. The van der Waals surface area contributed by atoms with Crippen LogP contribution < -0.4 is 0 Å². The second-order valence-corrected chi connectivity index (χ2v) is 9.14. The SMILES string of the molecule is Cc1ccc([C@H]2CC[C@H](CCc3cc(F)c(-c4ccc(Cl)c(F)c4)c(F)c3)CC2)cc1. The minimum absolute atomic E-state index is 0.0710. The molecule has 4 heteroatoms. The molecule has 0 heterocycles. The summed E-state index contributed by atoms with van der Waals surface area (Å²) in [6.45, 7) is 2.10. The Labute approximate surface area is 187 Å². The van der Waals surface area contributed by atoms with E-state index < -0.39 is 17.5 Å². The summed E-state index contributed by atoms with van der Waals surface area (Å²) in [5.74, 6) is -0.827. The number of aryl methyl sites for hydroxylation is 2. The molecule has 0 bridgehead atoms. The van der Waals surface area contributed by atoms with Crippen LogP contribution in [0.15, 0.2) is 54.6 Å². The van der Waals surface area contributed by atoms with Crippen molar-refractivity contribution in [3.05, 3.63) is 93.8 Å². The molecule has 0 N–H and O–H groups in total. The maximum absolute atomic E-state index is 14.7.